The normalized spacial score (nSPS) is 29.0. The van der Waals surface area contributed by atoms with Crippen molar-refractivity contribution in [2.75, 3.05) is 20.2 Å². The third-order valence-corrected chi connectivity index (χ3v) is 7.30. The van der Waals surface area contributed by atoms with Gasteiger partial charge in [0.2, 0.25) is 5.91 Å². The Morgan fingerprint density at radius 3 is 2.90 bits per heavy atom. The van der Waals surface area contributed by atoms with Crippen LogP contribution in [0.25, 0.3) is 0 Å². The van der Waals surface area contributed by atoms with E-state index in [9.17, 15) is 4.79 Å². The molecule has 6 heteroatoms. The number of ether oxygens (including phenoxy) is 1. The standard InChI is InChI=1S/C24H32N4O2/c1-16-9-20(26-25-16)15-27-13-18-12-19(14-27)23(28-22(18)7-4-8-24(28)29)11-17-5-3-6-21(10-17)30-2/h3,5-6,9-10,18-19,22-23H,4,7-8,11-15H2,1-2H3,(H,25,26)/t18-,19+,22+,23+/m1/s1. The molecule has 1 aromatic heterocycles. The van der Waals surface area contributed by atoms with E-state index in [0.717, 1.165) is 56.0 Å². The number of H-pyrrole nitrogens is 1. The van der Waals surface area contributed by atoms with E-state index in [0.29, 0.717) is 30.2 Å². The van der Waals surface area contributed by atoms with Crippen LogP contribution >= 0.6 is 0 Å². The lowest BCUT2D eigenvalue weighted by Gasteiger charge is -2.56. The largest absolute Gasteiger partial charge is 0.497 e. The number of rotatable bonds is 5. The lowest BCUT2D eigenvalue weighted by atomic mass is 9.70. The van der Waals surface area contributed by atoms with Gasteiger partial charge >= 0.3 is 0 Å². The van der Waals surface area contributed by atoms with Gasteiger partial charge in [-0.05, 0) is 68.2 Å². The number of benzene rings is 1. The number of likely N-dealkylation sites (tertiary alicyclic amines) is 1. The molecule has 3 aliphatic rings. The molecule has 30 heavy (non-hydrogen) atoms. The Labute approximate surface area is 178 Å². The molecule has 0 aliphatic carbocycles. The molecule has 0 radical (unpaired) electrons. The number of aryl methyl sites for hydroxylation is 1. The van der Waals surface area contributed by atoms with Gasteiger partial charge in [-0.1, -0.05) is 12.1 Å². The van der Waals surface area contributed by atoms with Gasteiger partial charge in [0.05, 0.1) is 12.8 Å². The Morgan fingerprint density at radius 1 is 1.23 bits per heavy atom. The van der Waals surface area contributed by atoms with Gasteiger partial charge in [-0.15, -0.1) is 0 Å². The van der Waals surface area contributed by atoms with Crippen molar-refractivity contribution in [1.82, 2.24) is 20.0 Å². The first kappa shape index (κ1) is 19.6. The fourth-order valence-corrected chi connectivity index (χ4v) is 6.09. The summed E-state index contributed by atoms with van der Waals surface area (Å²) in [6, 6.07) is 11.2. The molecule has 160 valence electrons. The number of carbonyl (C=O) groups is 1. The number of aromatic amines is 1. The Balaban J connectivity index is 1.40. The van der Waals surface area contributed by atoms with Gasteiger partial charge in [0.25, 0.3) is 0 Å². The zero-order valence-corrected chi connectivity index (χ0v) is 18.0. The molecule has 3 fully saturated rings. The summed E-state index contributed by atoms with van der Waals surface area (Å²) in [5, 5.41) is 7.53. The number of nitrogens with one attached hydrogen (secondary N) is 1. The monoisotopic (exact) mass is 408 g/mol. The summed E-state index contributed by atoms with van der Waals surface area (Å²) in [6.07, 6.45) is 5.03. The van der Waals surface area contributed by atoms with Crippen LogP contribution in [0.3, 0.4) is 0 Å². The van der Waals surface area contributed by atoms with Crippen molar-refractivity contribution in [3.8, 4) is 5.75 Å². The molecule has 4 atom stereocenters. The number of hydrogen-bond donors (Lipinski definition) is 1. The number of hydrogen-bond acceptors (Lipinski definition) is 4. The summed E-state index contributed by atoms with van der Waals surface area (Å²) in [4.78, 5) is 17.9. The zero-order valence-electron chi connectivity index (χ0n) is 18.0. The summed E-state index contributed by atoms with van der Waals surface area (Å²) in [5.74, 6) is 2.34. The van der Waals surface area contributed by atoms with Gasteiger partial charge in [0, 0.05) is 43.8 Å². The van der Waals surface area contributed by atoms with Crippen molar-refractivity contribution in [3.63, 3.8) is 0 Å². The quantitative estimate of drug-likeness (QED) is 0.826. The second-order valence-corrected chi connectivity index (χ2v) is 9.38. The van der Waals surface area contributed by atoms with E-state index in [-0.39, 0.29) is 6.04 Å². The smallest absolute Gasteiger partial charge is 0.223 e. The average Bonchev–Trinajstić information content (AvgIpc) is 3.16. The first-order valence-corrected chi connectivity index (χ1v) is 11.3. The first-order valence-electron chi connectivity index (χ1n) is 11.3. The summed E-state index contributed by atoms with van der Waals surface area (Å²) >= 11 is 0. The molecule has 5 rings (SSSR count). The lowest BCUT2D eigenvalue weighted by molar-refractivity contribution is -0.152. The molecule has 0 spiro atoms. The maximum Gasteiger partial charge on any atom is 0.223 e. The molecular formula is C24H32N4O2. The van der Waals surface area contributed by atoms with Gasteiger partial charge in [-0.3, -0.25) is 14.8 Å². The van der Waals surface area contributed by atoms with E-state index >= 15 is 0 Å². The molecule has 3 saturated heterocycles. The number of amides is 1. The lowest BCUT2D eigenvalue weighted by Crippen LogP contribution is -2.65. The third kappa shape index (κ3) is 3.73. The van der Waals surface area contributed by atoms with Crippen LogP contribution in [-0.2, 0) is 17.8 Å². The van der Waals surface area contributed by atoms with Crippen LogP contribution in [0.1, 0.15) is 42.6 Å². The maximum atomic E-state index is 13.0. The van der Waals surface area contributed by atoms with Gasteiger partial charge in [-0.2, -0.15) is 5.10 Å². The van der Waals surface area contributed by atoms with Crippen molar-refractivity contribution in [2.45, 2.75) is 57.7 Å². The Kier molecular flexibility index (Phi) is 5.27. The van der Waals surface area contributed by atoms with Crippen LogP contribution in [0.4, 0.5) is 0 Å². The summed E-state index contributed by atoms with van der Waals surface area (Å²) < 4.78 is 5.44. The summed E-state index contributed by atoms with van der Waals surface area (Å²) in [7, 11) is 1.71. The predicted molar refractivity (Wildman–Crippen MR) is 115 cm³/mol. The average molecular weight is 409 g/mol. The van der Waals surface area contributed by atoms with E-state index in [1.165, 1.54) is 12.0 Å². The topological polar surface area (TPSA) is 61.5 Å². The van der Waals surface area contributed by atoms with E-state index in [1.54, 1.807) is 7.11 Å². The molecule has 4 heterocycles. The third-order valence-electron chi connectivity index (χ3n) is 7.30. The number of aromatic nitrogens is 2. The van der Waals surface area contributed by atoms with Gasteiger partial charge < -0.3 is 9.64 Å². The highest BCUT2D eigenvalue weighted by Gasteiger charge is 2.49. The van der Waals surface area contributed by atoms with E-state index in [1.807, 2.05) is 6.07 Å². The van der Waals surface area contributed by atoms with Gasteiger partial charge in [0.1, 0.15) is 5.75 Å². The second kappa shape index (κ2) is 8.06. The summed E-state index contributed by atoms with van der Waals surface area (Å²) in [6.45, 7) is 5.05. The zero-order chi connectivity index (χ0) is 20.7. The minimum absolute atomic E-state index is 0.273. The Bertz CT molecular complexity index is 910. The van der Waals surface area contributed by atoms with Crippen molar-refractivity contribution >= 4 is 5.91 Å². The number of nitrogens with zero attached hydrogens (tertiary/aromatic N) is 3. The minimum Gasteiger partial charge on any atom is -0.497 e. The highest BCUT2D eigenvalue weighted by Crippen LogP contribution is 2.43. The molecule has 3 aliphatic heterocycles. The molecule has 2 bridgehead atoms. The van der Waals surface area contributed by atoms with Crippen LogP contribution in [0.5, 0.6) is 5.75 Å². The fourth-order valence-electron chi connectivity index (χ4n) is 6.09. The molecule has 1 aromatic carbocycles. The Morgan fingerprint density at radius 2 is 2.10 bits per heavy atom. The molecule has 0 unspecified atom stereocenters. The minimum atomic E-state index is 0.273. The molecule has 2 aromatic rings. The van der Waals surface area contributed by atoms with Crippen molar-refractivity contribution in [1.29, 1.82) is 0 Å². The molecule has 6 nitrogen and oxygen atoms in total. The van der Waals surface area contributed by atoms with Gasteiger partial charge in [0.15, 0.2) is 0 Å². The van der Waals surface area contributed by atoms with E-state index in [4.69, 9.17) is 4.74 Å². The summed E-state index contributed by atoms with van der Waals surface area (Å²) in [5.41, 5.74) is 3.49. The van der Waals surface area contributed by atoms with Crippen LogP contribution < -0.4 is 4.74 Å². The van der Waals surface area contributed by atoms with Gasteiger partial charge in [-0.25, -0.2) is 0 Å². The number of fused-ring (bicyclic) bond motifs is 4. The Hall–Kier alpha value is -2.34. The maximum absolute atomic E-state index is 13.0. The van der Waals surface area contributed by atoms with Crippen LogP contribution in [0.15, 0.2) is 30.3 Å². The SMILES string of the molecule is COc1cccc(C[C@H]2[C@H]3C[C@H](CN(Cc4cc(C)[nH]n4)C3)[C@@H]3CCCC(=O)N32)c1. The van der Waals surface area contributed by atoms with E-state index < -0.39 is 0 Å². The number of methoxy groups -OCH3 is 1. The van der Waals surface area contributed by atoms with Crippen molar-refractivity contribution in [3.05, 3.63) is 47.3 Å². The van der Waals surface area contributed by atoms with Crippen LogP contribution in [0, 0.1) is 18.8 Å². The predicted octanol–water partition coefficient (Wildman–Crippen LogP) is 3.17. The molecule has 0 saturated carbocycles. The number of carbonyl (C=O) groups excluding carboxylic acids is 1. The highest BCUT2D eigenvalue weighted by molar-refractivity contribution is 5.78. The second-order valence-electron chi connectivity index (χ2n) is 9.38. The fraction of sp³-hybridized carbons (Fsp3) is 0.583. The number of piperidine rings is 3. The van der Waals surface area contributed by atoms with Crippen LogP contribution in [-0.4, -0.2) is 58.2 Å². The van der Waals surface area contributed by atoms with Crippen molar-refractivity contribution in [2.24, 2.45) is 11.8 Å². The molecule has 1 amide bonds. The molecular weight excluding hydrogens is 376 g/mol. The van der Waals surface area contributed by atoms with Crippen LogP contribution in [0.2, 0.25) is 0 Å². The molecule has 1 N–H and O–H groups in total. The van der Waals surface area contributed by atoms with E-state index in [2.05, 4.69) is 51.2 Å². The first-order chi connectivity index (χ1) is 14.6. The highest BCUT2D eigenvalue weighted by atomic mass is 16.5. The van der Waals surface area contributed by atoms with Crippen molar-refractivity contribution < 1.29 is 9.53 Å².